The summed E-state index contributed by atoms with van der Waals surface area (Å²) in [4.78, 5) is 0. The van der Waals surface area contributed by atoms with Crippen LogP contribution in [0.3, 0.4) is 0 Å². The first-order valence-electron chi connectivity index (χ1n) is 7.30. The number of hydrogen-bond acceptors (Lipinski definition) is 1. The maximum Gasteiger partial charge on any atom is 0.126 e. The Bertz CT molecular complexity index is 510. The van der Waals surface area contributed by atoms with Crippen LogP contribution in [0.5, 0.6) is 0 Å². The average molecular weight is 271 g/mol. The molecule has 2 aromatic carbocycles. The Morgan fingerprint density at radius 2 is 1.70 bits per heavy atom. The van der Waals surface area contributed by atoms with E-state index >= 15 is 0 Å². The van der Waals surface area contributed by atoms with E-state index in [2.05, 4.69) is 36.5 Å². The topological polar surface area (TPSA) is 12.0 Å². The standard InChI is InChI=1S/C18H22FN/c1-2-20-17(13-12-15-8-4-3-5-9-15)14-16-10-6-7-11-18(16)19/h3-11,17,20H,2,12-14H2,1H3. The lowest BCUT2D eigenvalue weighted by Gasteiger charge is -2.18. The Kier molecular flexibility index (Phi) is 5.75. The van der Waals surface area contributed by atoms with Crippen LogP contribution in [0.4, 0.5) is 4.39 Å². The first-order chi connectivity index (χ1) is 9.79. The van der Waals surface area contributed by atoms with Gasteiger partial charge >= 0.3 is 0 Å². The minimum atomic E-state index is -0.102. The third-order valence-electron chi connectivity index (χ3n) is 3.54. The van der Waals surface area contributed by atoms with Gasteiger partial charge in [-0.15, -0.1) is 0 Å². The summed E-state index contributed by atoms with van der Waals surface area (Å²) in [6.07, 6.45) is 2.78. The number of likely N-dealkylation sites (N-methyl/N-ethyl adjacent to an activating group) is 1. The molecule has 0 amide bonds. The monoisotopic (exact) mass is 271 g/mol. The average Bonchev–Trinajstić information content (AvgIpc) is 2.48. The summed E-state index contributed by atoms with van der Waals surface area (Å²) in [5, 5.41) is 3.46. The summed E-state index contributed by atoms with van der Waals surface area (Å²) in [6, 6.07) is 17.8. The molecule has 0 fully saturated rings. The third-order valence-corrected chi connectivity index (χ3v) is 3.54. The molecule has 0 bridgehead atoms. The van der Waals surface area contributed by atoms with Crippen molar-refractivity contribution in [2.24, 2.45) is 0 Å². The fraction of sp³-hybridized carbons (Fsp3) is 0.333. The Labute approximate surface area is 120 Å². The van der Waals surface area contributed by atoms with Gasteiger partial charge < -0.3 is 5.32 Å². The van der Waals surface area contributed by atoms with Gasteiger partial charge in [0, 0.05) is 6.04 Å². The molecule has 1 atom stereocenters. The van der Waals surface area contributed by atoms with E-state index in [1.54, 1.807) is 6.07 Å². The molecule has 0 spiro atoms. The minimum Gasteiger partial charge on any atom is -0.314 e. The van der Waals surface area contributed by atoms with Crippen LogP contribution in [-0.4, -0.2) is 12.6 Å². The second-order valence-electron chi connectivity index (χ2n) is 5.07. The molecule has 1 N–H and O–H groups in total. The van der Waals surface area contributed by atoms with Crippen molar-refractivity contribution in [2.45, 2.75) is 32.2 Å². The van der Waals surface area contributed by atoms with Crippen LogP contribution >= 0.6 is 0 Å². The van der Waals surface area contributed by atoms with Gasteiger partial charge in [0.15, 0.2) is 0 Å². The summed E-state index contributed by atoms with van der Waals surface area (Å²) < 4.78 is 13.7. The normalized spacial score (nSPS) is 12.3. The van der Waals surface area contributed by atoms with Gasteiger partial charge in [-0.05, 0) is 43.0 Å². The first-order valence-corrected chi connectivity index (χ1v) is 7.30. The van der Waals surface area contributed by atoms with E-state index in [1.807, 2.05) is 18.2 Å². The van der Waals surface area contributed by atoms with Gasteiger partial charge in [0.25, 0.3) is 0 Å². The van der Waals surface area contributed by atoms with E-state index in [-0.39, 0.29) is 5.82 Å². The smallest absolute Gasteiger partial charge is 0.126 e. The van der Waals surface area contributed by atoms with Crippen LogP contribution < -0.4 is 5.32 Å². The van der Waals surface area contributed by atoms with Gasteiger partial charge in [-0.3, -0.25) is 0 Å². The number of nitrogens with one attached hydrogen (secondary N) is 1. The first kappa shape index (κ1) is 14.7. The van der Waals surface area contributed by atoms with E-state index in [0.29, 0.717) is 6.04 Å². The quantitative estimate of drug-likeness (QED) is 0.803. The molecule has 1 nitrogen and oxygen atoms in total. The number of hydrogen-bond donors (Lipinski definition) is 1. The van der Waals surface area contributed by atoms with E-state index < -0.39 is 0 Å². The molecular formula is C18H22FN. The van der Waals surface area contributed by atoms with Crippen molar-refractivity contribution in [3.63, 3.8) is 0 Å². The van der Waals surface area contributed by atoms with E-state index in [4.69, 9.17) is 0 Å². The lowest BCUT2D eigenvalue weighted by atomic mass is 9.98. The zero-order chi connectivity index (χ0) is 14.2. The van der Waals surface area contributed by atoms with Crippen LogP contribution in [0.1, 0.15) is 24.5 Å². The Morgan fingerprint density at radius 1 is 1.00 bits per heavy atom. The van der Waals surface area contributed by atoms with Crippen LogP contribution in [0, 0.1) is 5.82 Å². The van der Waals surface area contributed by atoms with Crippen LogP contribution in [0.2, 0.25) is 0 Å². The van der Waals surface area contributed by atoms with Crippen molar-refractivity contribution >= 4 is 0 Å². The van der Waals surface area contributed by atoms with E-state index in [9.17, 15) is 4.39 Å². The summed E-state index contributed by atoms with van der Waals surface area (Å²) in [6.45, 7) is 3.00. The molecule has 2 rings (SSSR count). The second-order valence-corrected chi connectivity index (χ2v) is 5.07. The molecule has 0 heterocycles. The Hall–Kier alpha value is -1.67. The van der Waals surface area contributed by atoms with Gasteiger partial charge in [-0.25, -0.2) is 4.39 Å². The molecule has 1 unspecified atom stereocenters. The van der Waals surface area contributed by atoms with Crippen molar-refractivity contribution < 1.29 is 4.39 Å². The molecule has 0 aliphatic heterocycles. The molecule has 2 aromatic rings. The van der Waals surface area contributed by atoms with E-state index in [0.717, 1.165) is 31.4 Å². The molecule has 0 aliphatic carbocycles. The number of benzene rings is 2. The van der Waals surface area contributed by atoms with Crippen LogP contribution in [0.25, 0.3) is 0 Å². The molecule has 106 valence electrons. The highest BCUT2D eigenvalue weighted by atomic mass is 19.1. The SMILES string of the molecule is CCNC(CCc1ccccc1)Cc1ccccc1F. The highest BCUT2D eigenvalue weighted by Gasteiger charge is 2.11. The minimum absolute atomic E-state index is 0.102. The number of aryl methyl sites for hydroxylation is 1. The summed E-state index contributed by atoms with van der Waals surface area (Å²) in [7, 11) is 0. The van der Waals surface area contributed by atoms with Crippen molar-refractivity contribution in [3.8, 4) is 0 Å². The Morgan fingerprint density at radius 3 is 2.40 bits per heavy atom. The maximum absolute atomic E-state index is 13.7. The Balaban J connectivity index is 1.95. The van der Waals surface area contributed by atoms with Crippen molar-refractivity contribution in [2.75, 3.05) is 6.54 Å². The van der Waals surface area contributed by atoms with Crippen molar-refractivity contribution in [3.05, 3.63) is 71.5 Å². The molecule has 0 saturated heterocycles. The molecule has 2 heteroatoms. The molecular weight excluding hydrogens is 249 g/mol. The zero-order valence-electron chi connectivity index (χ0n) is 12.0. The highest BCUT2D eigenvalue weighted by Crippen LogP contribution is 2.13. The highest BCUT2D eigenvalue weighted by molar-refractivity contribution is 5.19. The lowest BCUT2D eigenvalue weighted by molar-refractivity contribution is 0.480. The largest absolute Gasteiger partial charge is 0.314 e. The fourth-order valence-electron chi connectivity index (χ4n) is 2.48. The zero-order valence-corrected chi connectivity index (χ0v) is 12.0. The molecule has 0 radical (unpaired) electrons. The molecule has 0 saturated carbocycles. The predicted octanol–water partition coefficient (Wildman–Crippen LogP) is 3.98. The van der Waals surface area contributed by atoms with Crippen LogP contribution in [0.15, 0.2) is 54.6 Å². The second kappa shape index (κ2) is 7.81. The van der Waals surface area contributed by atoms with Crippen molar-refractivity contribution in [1.82, 2.24) is 5.32 Å². The predicted molar refractivity (Wildman–Crippen MR) is 82.3 cm³/mol. The number of rotatable bonds is 7. The molecule has 0 aromatic heterocycles. The summed E-state index contributed by atoms with van der Waals surface area (Å²) in [5.74, 6) is -0.102. The van der Waals surface area contributed by atoms with Gasteiger partial charge in [0.2, 0.25) is 0 Å². The van der Waals surface area contributed by atoms with Crippen LogP contribution in [-0.2, 0) is 12.8 Å². The summed E-state index contributed by atoms with van der Waals surface area (Å²) in [5.41, 5.74) is 2.13. The molecule has 0 aliphatic rings. The maximum atomic E-state index is 13.7. The van der Waals surface area contributed by atoms with Gasteiger partial charge in [0.1, 0.15) is 5.82 Å². The molecule has 20 heavy (non-hydrogen) atoms. The van der Waals surface area contributed by atoms with Gasteiger partial charge in [-0.2, -0.15) is 0 Å². The van der Waals surface area contributed by atoms with E-state index in [1.165, 1.54) is 11.6 Å². The third kappa shape index (κ3) is 4.46. The number of halogens is 1. The fourth-order valence-corrected chi connectivity index (χ4v) is 2.48. The lowest BCUT2D eigenvalue weighted by Crippen LogP contribution is -2.31. The van der Waals surface area contributed by atoms with Crippen molar-refractivity contribution in [1.29, 1.82) is 0 Å². The van der Waals surface area contributed by atoms with Gasteiger partial charge in [0.05, 0.1) is 0 Å². The summed E-state index contributed by atoms with van der Waals surface area (Å²) >= 11 is 0. The van der Waals surface area contributed by atoms with Gasteiger partial charge in [-0.1, -0.05) is 55.5 Å².